The summed E-state index contributed by atoms with van der Waals surface area (Å²) in [5.41, 5.74) is 0.568. The third-order valence-corrected chi connectivity index (χ3v) is 1.79. The molecule has 6 nitrogen and oxygen atoms in total. The smallest absolute Gasteiger partial charge is 0.338 e. The molecule has 0 amide bonds. The van der Waals surface area contributed by atoms with Crippen molar-refractivity contribution in [2.45, 2.75) is 0 Å². The van der Waals surface area contributed by atoms with Gasteiger partial charge < -0.3 is 9.68 Å². The highest BCUT2D eigenvalue weighted by atomic mass is 19.2. The van der Waals surface area contributed by atoms with Gasteiger partial charge in [0.2, 0.25) is 0 Å². The van der Waals surface area contributed by atoms with Crippen LogP contribution in [0.15, 0.2) is 12.1 Å². The first kappa shape index (κ1) is 11.2. The van der Waals surface area contributed by atoms with E-state index in [2.05, 4.69) is 9.68 Å². The van der Waals surface area contributed by atoms with E-state index in [-0.39, 0.29) is 5.17 Å². The zero-order valence-electron chi connectivity index (χ0n) is 7.87. The summed E-state index contributed by atoms with van der Waals surface area (Å²) in [6.45, 7) is 0. The maximum absolute atomic E-state index is 13.2. The Kier molecular flexibility index (Phi) is 2.60. The lowest BCUT2D eigenvalue weighted by Gasteiger charge is -2.25. The highest BCUT2D eigenvalue weighted by molar-refractivity contribution is 6.30. The van der Waals surface area contributed by atoms with Crippen molar-refractivity contribution in [3.8, 4) is 0 Å². The van der Waals surface area contributed by atoms with Crippen molar-refractivity contribution in [1.82, 2.24) is 5.59 Å². The standard InChI is InChI=1S/C8H3F3N2O4/c9-3-1-2-4(10)6(5(3)11)13-12-16-7(14)8(15)17-13/h1-2,12H. The number of anilines is 1. The van der Waals surface area contributed by atoms with Crippen LogP contribution in [-0.2, 0) is 19.3 Å². The van der Waals surface area contributed by atoms with Gasteiger partial charge in [0.1, 0.15) is 0 Å². The van der Waals surface area contributed by atoms with Crippen LogP contribution in [0.5, 0.6) is 0 Å². The van der Waals surface area contributed by atoms with E-state index in [0.29, 0.717) is 12.1 Å². The SMILES string of the molecule is O=C1ONN(c2c(F)ccc(F)c2F)OC1=O. The van der Waals surface area contributed by atoms with Gasteiger partial charge in [0, 0.05) is 0 Å². The largest absolute Gasteiger partial charge is 0.444 e. The summed E-state index contributed by atoms with van der Waals surface area (Å²) in [5.74, 6) is -7.10. The summed E-state index contributed by atoms with van der Waals surface area (Å²) in [6, 6.07) is 1.16. The molecule has 0 saturated carbocycles. The summed E-state index contributed by atoms with van der Waals surface area (Å²) in [5, 5.41) is 0.0669. The number of benzene rings is 1. The normalized spacial score (nSPS) is 15.6. The van der Waals surface area contributed by atoms with Gasteiger partial charge >= 0.3 is 11.9 Å². The number of hydrogen-bond acceptors (Lipinski definition) is 6. The Bertz CT molecular complexity index is 508. The summed E-state index contributed by atoms with van der Waals surface area (Å²) in [6.07, 6.45) is 0. The van der Waals surface area contributed by atoms with Crippen molar-refractivity contribution in [2.24, 2.45) is 0 Å². The first-order chi connectivity index (χ1) is 8.00. The van der Waals surface area contributed by atoms with Crippen molar-refractivity contribution < 1.29 is 32.4 Å². The molecule has 1 fully saturated rings. The van der Waals surface area contributed by atoms with Gasteiger partial charge in [-0.1, -0.05) is 5.17 Å². The molecule has 1 saturated heterocycles. The lowest BCUT2D eigenvalue weighted by molar-refractivity contribution is -0.192. The van der Waals surface area contributed by atoms with E-state index < -0.39 is 35.1 Å². The van der Waals surface area contributed by atoms with Gasteiger partial charge in [0.25, 0.3) is 0 Å². The maximum Gasteiger partial charge on any atom is 0.444 e. The van der Waals surface area contributed by atoms with Gasteiger partial charge in [0.05, 0.1) is 0 Å². The molecule has 0 atom stereocenters. The number of hydrogen-bond donors (Lipinski definition) is 1. The first-order valence-electron chi connectivity index (χ1n) is 4.13. The van der Waals surface area contributed by atoms with Gasteiger partial charge in [-0.3, -0.25) is 0 Å². The number of nitrogens with one attached hydrogen (secondary N) is 1. The monoisotopic (exact) mass is 248 g/mol. The number of nitrogens with zero attached hydrogens (tertiary/aromatic N) is 1. The zero-order valence-corrected chi connectivity index (χ0v) is 7.87. The Morgan fingerprint density at radius 3 is 2.35 bits per heavy atom. The third kappa shape index (κ3) is 1.87. The van der Waals surface area contributed by atoms with E-state index >= 15 is 0 Å². The molecule has 90 valence electrons. The predicted octanol–water partition coefficient (Wildman–Crippen LogP) is 0.345. The van der Waals surface area contributed by atoms with Gasteiger partial charge in [-0.05, 0) is 17.7 Å². The molecular formula is C8H3F3N2O4. The minimum absolute atomic E-state index is 0.0669. The van der Waals surface area contributed by atoms with E-state index in [1.54, 1.807) is 5.59 Å². The molecule has 0 bridgehead atoms. The van der Waals surface area contributed by atoms with Crippen LogP contribution in [0.4, 0.5) is 18.9 Å². The molecule has 0 unspecified atom stereocenters. The van der Waals surface area contributed by atoms with Gasteiger partial charge in [0.15, 0.2) is 23.1 Å². The Morgan fingerprint density at radius 1 is 1.06 bits per heavy atom. The molecule has 0 radical (unpaired) electrons. The molecule has 1 aromatic rings. The summed E-state index contributed by atoms with van der Waals surface area (Å²) >= 11 is 0. The number of halogens is 3. The molecule has 0 spiro atoms. The Labute approximate surface area is 91.4 Å². The topological polar surface area (TPSA) is 67.9 Å². The summed E-state index contributed by atoms with van der Waals surface area (Å²) in [7, 11) is 0. The quantitative estimate of drug-likeness (QED) is 0.571. The van der Waals surface area contributed by atoms with Gasteiger partial charge in [-0.25, -0.2) is 22.8 Å². The maximum atomic E-state index is 13.2. The predicted molar refractivity (Wildman–Crippen MR) is 44.1 cm³/mol. The van der Waals surface area contributed by atoms with Crippen LogP contribution in [0.2, 0.25) is 0 Å². The van der Waals surface area contributed by atoms with Crippen molar-refractivity contribution >= 4 is 17.6 Å². The summed E-state index contributed by atoms with van der Waals surface area (Å²) in [4.78, 5) is 29.5. The van der Waals surface area contributed by atoms with E-state index in [4.69, 9.17) is 0 Å². The van der Waals surface area contributed by atoms with Crippen LogP contribution >= 0.6 is 0 Å². The highest BCUT2D eigenvalue weighted by Gasteiger charge is 2.33. The number of carbonyl (C=O) groups excluding carboxylic acids is 2. The van der Waals surface area contributed by atoms with E-state index in [1.807, 2.05) is 0 Å². The van der Waals surface area contributed by atoms with Crippen molar-refractivity contribution in [1.29, 1.82) is 0 Å². The molecule has 9 heteroatoms. The molecule has 1 aliphatic heterocycles. The van der Waals surface area contributed by atoms with E-state index in [9.17, 15) is 22.8 Å². The third-order valence-electron chi connectivity index (χ3n) is 1.79. The Balaban J connectivity index is 2.38. The molecule has 0 aromatic heterocycles. The Morgan fingerprint density at radius 2 is 1.71 bits per heavy atom. The zero-order chi connectivity index (χ0) is 12.6. The van der Waals surface area contributed by atoms with Crippen LogP contribution in [0, 0.1) is 17.5 Å². The molecule has 2 rings (SSSR count). The average Bonchev–Trinajstić information content (AvgIpc) is 2.29. The fraction of sp³-hybridized carbons (Fsp3) is 0. The van der Waals surface area contributed by atoms with Crippen molar-refractivity contribution in [2.75, 3.05) is 5.17 Å². The van der Waals surface area contributed by atoms with Crippen LogP contribution in [0.3, 0.4) is 0 Å². The molecule has 17 heavy (non-hydrogen) atoms. The van der Waals surface area contributed by atoms with Crippen LogP contribution in [0.1, 0.15) is 0 Å². The van der Waals surface area contributed by atoms with Crippen LogP contribution < -0.4 is 10.8 Å². The highest BCUT2D eigenvalue weighted by Crippen LogP contribution is 2.25. The average molecular weight is 248 g/mol. The van der Waals surface area contributed by atoms with Gasteiger partial charge in [-0.2, -0.15) is 0 Å². The second-order valence-electron chi connectivity index (χ2n) is 2.85. The van der Waals surface area contributed by atoms with Crippen molar-refractivity contribution in [3.05, 3.63) is 29.6 Å². The van der Waals surface area contributed by atoms with Gasteiger partial charge in [-0.15, -0.1) is 0 Å². The molecular weight excluding hydrogens is 245 g/mol. The fourth-order valence-corrected chi connectivity index (χ4v) is 1.06. The lowest BCUT2D eigenvalue weighted by Crippen LogP contribution is -2.50. The second-order valence-corrected chi connectivity index (χ2v) is 2.85. The lowest BCUT2D eigenvalue weighted by atomic mass is 10.3. The fourth-order valence-electron chi connectivity index (χ4n) is 1.06. The number of rotatable bonds is 1. The Hall–Kier alpha value is -2.29. The van der Waals surface area contributed by atoms with Crippen molar-refractivity contribution in [3.63, 3.8) is 0 Å². The molecule has 1 aliphatic rings. The van der Waals surface area contributed by atoms with E-state index in [0.717, 1.165) is 0 Å². The molecule has 1 aromatic carbocycles. The minimum atomic E-state index is -1.61. The second kappa shape index (κ2) is 3.94. The van der Waals surface area contributed by atoms with Crippen LogP contribution in [0.25, 0.3) is 0 Å². The molecule has 0 aliphatic carbocycles. The summed E-state index contributed by atoms with van der Waals surface area (Å²) < 4.78 is 39.3. The number of carbonyl (C=O) groups is 2. The minimum Gasteiger partial charge on any atom is -0.338 e. The molecule has 1 heterocycles. The van der Waals surface area contributed by atoms with E-state index in [1.165, 1.54) is 0 Å². The first-order valence-corrected chi connectivity index (χ1v) is 4.13. The number of hydrazine groups is 1. The molecule has 1 N–H and O–H groups in total. The van der Waals surface area contributed by atoms with Crippen LogP contribution in [-0.4, -0.2) is 11.9 Å².